The number of nitrogens with zero attached hydrogens (tertiary/aromatic N) is 3. The lowest BCUT2D eigenvalue weighted by Crippen LogP contribution is -2.36. The molecule has 0 fully saturated rings. The molecule has 0 radical (unpaired) electrons. The fourth-order valence-corrected chi connectivity index (χ4v) is 4.62. The van der Waals surface area contributed by atoms with Crippen LogP contribution in [0.3, 0.4) is 0 Å². The van der Waals surface area contributed by atoms with Crippen LogP contribution in [0, 0.1) is 0 Å². The van der Waals surface area contributed by atoms with Gasteiger partial charge in [0, 0.05) is 31.0 Å². The zero-order valence-corrected chi connectivity index (χ0v) is 15.8. The number of hydrogen-bond acceptors (Lipinski definition) is 5. The summed E-state index contributed by atoms with van der Waals surface area (Å²) in [5.41, 5.74) is 2.41. The minimum Gasteiger partial charge on any atom is -0.290 e. The largest absolute Gasteiger partial charge is 0.290 e. The van der Waals surface area contributed by atoms with Crippen molar-refractivity contribution < 1.29 is 13.2 Å². The van der Waals surface area contributed by atoms with Gasteiger partial charge in [-0.25, -0.2) is 18.4 Å². The number of carbonyl (C=O) groups is 1. The standard InChI is InChI=1S/C20H18N4O3S/c25-19(23-20-21-10-4-11-22-20)16-7-3-8-18(13-16)28(26,27)24-12-9-15-5-1-2-6-17(15)14-24/h1-8,10-11,13H,9,12,14H2,(H,21,22,23,25). The molecule has 0 unspecified atom stereocenters. The number of sulfonamides is 1. The number of aromatic nitrogens is 2. The SMILES string of the molecule is O=C(Nc1ncccn1)c1cccc(S(=O)(=O)N2CCc3ccccc3C2)c1. The summed E-state index contributed by atoms with van der Waals surface area (Å²) in [4.78, 5) is 20.4. The van der Waals surface area contributed by atoms with Gasteiger partial charge in [0.05, 0.1) is 4.90 Å². The maximum Gasteiger partial charge on any atom is 0.258 e. The van der Waals surface area contributed by atoms with Gasteiger partial charge in [0.15, 0.2) is 0 Å². The van der Waals surface area contributed by atoms with Gasteiger partial charge in [0.2, 0.25) is 16.0 Å². The Morgan fingerprint density at radius 3 is 2.50 bits per heavy atom. The van der Waals surface area contributed by atoms with Crippen molar-refractivity contribution in [3.05, 3.63) is 83.7 Å². The molecule has 0 saturated heterocycles. The Morgan fingerprint density at radius 2 is 1.71 bits per heavy atom. The van der Waals surface area contributed by atoms with Crippen molar-refractivity contribution in [2.24, 2.45) is 0 Å². The first kappa shape index (κ1) is 18.3. The van der Waals surface area contributed by atoms with Crippen LogP contribution in [0.4, 0.5) is 5.95 Å². The van der Waals surface area contributed by atoms with Crippen molar-refractivity contribution in [3.8, 4) is 0 Å². The van der Waals surface area contributed by atoms with Crippen molar-refractivity contribution >= 4 is 21.9 Å². The Morgan fingerprint density at radius 1 is 0.964 bits per heavy atom. The monoisotopic (exact) mass is 394 g/mol. The normalized spacial score (nSPS) is 14.3. The highest BCUT2D eigenvalue weighted by atomic mass is 32.2. The molecule has 8 heteroatoms. The zero-order chi connectivity index (χ0) is 19.6. The van der Waals surface area contributed by atoms with Gasteiger partial charge in [-0.15, -0.1) is 0 Å². The average molecular weight is 394 g/mol. The molecule has 0 atom stereocenters. The van der Waals surface area contributed by atoms with Crippen molar-refractivity contribution in [3.63, 3.8) is 0 Å². The Balaban J connectivity index is 1.57. The van der Waals surface area contributed by atoms with E-state index in [0.717, 1.165) is 5.56 Å². The summed E-state index contributed by atoms with van der Waals surface area (Å²) in [5, 5.41) is 2.56. The Hall–Kier alpha value is -3.10. The summed E-state index contributed by atoms with van der Waals surface area (Å²) in [5.74, 6) is -0.305. The van der Waals surface area contributed by atoms with Crippen molar-refractivity contribution in [2.45, 2.75) is 17.9 Å². The van der Waals surface area contributed by atoms with Crippen molar-refractivity contribution in [1.82, 2.24) is 14.3 Å². The lowest BCUT2D eigenvalue weighted by molar-refractivity contribution is 0.102. The predicted octanol–water partition coefficient (Wildman–Crippen LogP) is 2.48. The summed E-state index contributed by atoms with van der Waals surface area (Å²) in [6.45, 7) is 0.737. The Kier molecular flexibility index (Phi) is 4.89. The first-order chi connectivity index (χ1) is 13.5. The number of nitrogens with one attached hydrogen (secondary N) is 1. The van der Waals surface area contributed by atoms with Gasteiger partial charge in [-0.1, -0.05) is 30.3 Å². The molecule has 7 nitrogen and oxygen atoms in total. The van der Waals surface area contributed by atoms with Gasteiger partial charge in [-0.3, -0.25) is 10.1 Å². The molecule has 1 N–H and O–H groups in total. The second kappa shape index (κ2) is 7.49. The van der Waals surface area contributed by atoms with Gasteiger partial charge in [0.1, 0.15) is 0 Å². The van der Waals surface area contributed by atoms with E-state index in [4.69, 9.17) is 0 Å². The van der Waals surface area contributed by atoms with E-state index in [0.29, 0.717) is 19.5 Å². The lowest BCUT2D eigenvalue weighted by Gasteiger charge is -2.28. The van der Waals surface area contributed by atoms with Crippen LogP contribution in [0.1, 0.15) is 21.5 Å². The average Bonchev–Trinajstić information content (AvgIpc) is 2.74. The van der Waals surface area contributed by atoms with Crippen LogP contribution in [0.5, 0.6) is 0 Å². The topological polar surface area (TPSA) is 92.3 Å². The van der Waals surface area contributed by atoms with E-state index in [-0.39, 0.29) is 16.4 Å². The molecule has 142 valence electrons. The molecule has 2 aromatic carbocycles. The van der Waals surface area contributed by atoms with Crippen LogP contribution in [-0.4, -0.2) is 35.1 Å². The summed E-state index contributed by atoms with van der Waals surface area (Å²) in [6.07, 6.45) is 3.69. The number of anilines is 1. The molecule has 0 bridgehead atoms. The van der Waals surface area contributed by atoms with E-state index in [1.165, 1.54) is 34.4 Å². The first-order valence-corrected chi connectivity index (χ1v) is 10.2. The molecule has 0 spiro atoms. The van der Waals surface area contributed by atoms with E-state index in [9.17, 15) is 13.2 Å². The highest BCUT2D eigenvalue weighted by molar-refractivity contribution is 7.89. The molecule has 28 heavy (non-hydrogen) atoms. The van der Waals surface area contributed by atoms with Crippen LogP contribution >= 0.6 is 0 Å². The number of hydrogen-bond donors (Lipinski definition) is 1. The van der Waals surface area contributed by atoms with Gasteiger partial charge in [0.25, 0.3) is 5.91 Å². The molecular weight excluding hydrogens is 376 g/mol. The molecule has 1 aromatic heterocycles. The van der Waals surface area contributed by atoms with Crippen LogP contribution < -0.4 is 5.32 Å². The maximum absolute atomic E-state index is 13.1. The van der Waals surface area contributed by atoms with Crippen molar-refractivity contribution in [2.75, 3.05) is 11.9 Å². The van der Waals surface area contributed by atoms with E-state index >= 15 is 0 Å². The molecule has 2 heterocycles. The molecule has 1 aliphatic rings. The molecule has 0 saturated carbocycles. The summed E-state index contributed by atoms with van der Waals surface area (Å²) < 4.78 is 27.7. The van der Waals surface area contributed by atoms with E-state index < -0.39 is 15.9 Å². The number of rotatable bonds is 4. The highest BCUT2D eigenvalue weighted by Gasteiger charge is 2.28. The van der Waals surface area contributed by atoms with Crippen LogP contribution in [0.15, 0.2) is 71.9 Å². The Bertz CT molecular complexity index is 1120. The van der Waals surface area contributed by atoms with Crippen LogP contribution in [0.2, 0.25) is 0 Å². The Labute approximate surface area is 163 Å². The quantitative estimate of drug-likeness (QED) is 0.734. The molecule has 1 aliphatic heterocycles. The number of fused-ring (bicyclic) bond motifs is 1. The lowest BCUT2D eigenvalue weighted by atomic mass is 10.0. The fraction of sp³-hybridized carbons (Fsp3) is 0.150. The molecule has 0 aliphatic carbocycles. The van der Waals surface area contributed by atoms with Crippen LogP contribution in [-0.2, 0) is 23.0 Å². The molecule has 3 aromatic rings. The van der Waals surface area contributed by atoms with E-state index in [1.54, 1.807) is 18.2 Å². The molecule has 1 amide bonds. The maximum atomic E-state index is 13.1. The zero-order valence-electron chi connectivity index (χ0n) is 14.9. The van der Waals surface area contributed by atoms with Gasteiger partial charge >= 0.3 is 0 Å². The summed E-state index contributed by atoms with van der Waals surface area (Å²) in [7, 11) is -3.71. The van der Waals surface area contributed by atoms with Crippen molar-refractivity contribution in [1.29, 1.82) is 0 Å². The number of benzene rings is 2. The minimum absolute atomic E-state index is 0.0912. The second-order valence-electron chi connectivity index (χ2n) is 6.41. The third-order valence-corrected chi connectivity index (χ3v) is 6.46. The summed E-state index contributed by atoms with van der Waals surface area (Å²) in [6, 6.07) is 15.5. The van der Waals surface area contributed by atoms with E-state index in [1.807, 2.05) is 24.3 Å². The van der Waals surface area contributed by atoms with Gasteiger partial charge in [-0.2, -0.15) is 4.31 Å². The number of carbonyl (C=O) groups excluding carboxylic acids is 1. The second-order valence-corrected chi connectivity index (χ2v) is 8.35. The summed E-state index contributed by atoms with van der Waals surface area (Å²) >= 11 is 0. The minimum atomic E-state index is -3.71. The first-order valence-electron chi connectivity index (χ1n) is 8.79. The predicted molar refractivity (Wildman–Crippen MR) is 104 cm³/mol. The third-order valence-electron chi connectivity index (χ3n) is 4.62. The van der Waals surface area contributed by atoms with Crippen LogP contribution in [0.25, 0.3) is 0 Å². The molecular formula is C20H18N4O3S. The van der Waals surface area contributed by atoms with E-state index in [2.05, 4.69) is 15.3 Å². The van der Waals surface area contributed by atoms with Gasteiger partial charge < -0.3 is 0 Å². The number of amides is 1. The molecule has 4 rings (SSSR count). The van der Waals surface area contributed by atoms with Gasteiger partial charge in [-0.05, 0) is 41.8 Å². The fourth-order valence-electron chi connectivity index (χ4n) is 3.16. The highest BCUT2D eigenvalue weighted by Crippen LogP contribution is 2.25. The third kappa shape index (κ3) is 3.64. The smallest absolute Gasteiger partial charge is 0.258 e.